The summed E-state index contributed by atoms with van der Waals surface area (Å²) in [5.41, 5.74) is 0.621. The number of benzene rings is 2. The summed E-state index contributed by atoms with van der Waals surface area (Å²) in [6.45, 7) is 0. The van der Waals surface area contributed by atoms with Gasteiger partial charge in [0.05, 0.1) is 5.69 Å². The second-order valence-corrected chi connectivity index (χ2v) is 2.96. The zero-order chi connectivity index (χ0) is 9.97. The lowest BCUT2D eigenvalue weighted by atomic mass is 10.1. The van der Waals surface area contributed by atoms with E-state index in [1.807, 2.05) is 36.4 Å². The molecule has 0 spiro atoms. The number of amides is 1. The van der Waals surface area contributed by atoms with Crippen molar-refractivity contribution < 1.29 is 9.90 Å². The topological polar surface area (TPSA) is 49.3 Å². The lowest BCUT2D eigenvalue weighted by Gasteiger charge is -2.04. The average molecular weight is 187 g/mol. The Morgan fingerprint density at radius 3 is 2.57 bits per heavy atom. The molecule has 0 saturated heterocycles. The van der Waals surface area contributed by atoms with Crippen LogP contribution in [-0.4, -0.2) is 11.2 Å². The molecule has 0 aliphatic rings. The lowest BCUT2D eigenvalue weighted by molar-refractivity contribution is 0.210. The standard InChI is InChI=1S/C11H9NO2/c13-11(14)12-10-7-3-5-8-4-1-2-6-9(8)10/h1-7,12H,(H,13,14). The van der Waals surface area contributed by atoms with E-state index in [2.05, 4.69) is 5.32 Å². The molecule has 3 heteroatoms. The summed E-state index contributed by atoms with van der Waals surface area (Å²) in [5.74, 6) is 0. The van der Waals surface area contributed by atoms with Gasteiger partial charge in [0, 0.05) is 5.39 Å². The van der Waals surface area contributed by atoms with Gasteiger partial charge in [-0.2, -0.15) is 0 Å². The van der Waals surface area contributed by atoms with Gasteiger partial charge in [-0.05, 0) is 11.5 Å². The van der Waals surface area contributed by atoms with Gasteiger partial charge in [-0.15, -0.1) is 0 Å². The molecule has 0 saturated carbocycles. The van der Waals surface area contributed by atoms with Gasteiger partial charge in [-0.1, -0.05) is 36.4 Å². The minimum absolute atomic E-state index is 0.621. The van der Waals surface area contributed by atoms with Gasteiger partial charge in [-0.3, -0.25) is 5.32 Å². The number of carbonyl (C=O) groups is 1. The van der Waals surface area contributed by atoms with Crippen LogP contribution in [0.25, 0.3) is 10.8 Å². The van der Waals surface area contributed by atoms with Crippen LogP contribution in [0, 0.1) is 0 Å². The zero-order valence-corrected chi connectivity index (χ0v) is 7.40. The molecule has 0 aliphatic carbocycles. The minimum atomic E-state index is -1.04. The third-order valence-corrected chi connectivity index (χ3v) is 2.03. The van der Waals surface area contributed by atoms with E-state index in [4.69, 9.17) is 5.11 Å². The molecule has 2 aromatic carbocycles. The highest BCUT2D eigenvalue weighted by atomic mass is 16.4. The first-order chi connectivity index (χ1) is 6.77. The van der Waals surface area contributed by atoms with Crippen LogP contribution in [0.5, 0.6) is 0 Å². The second kappa shape index (κ2) is 3.38. The summed E-state index contributed by atoms with van der Waals surface area (Å²) in [6, 6.07) is 13.2. The summed E-state index contributed by atoms with van der Waals surface area (Å²) in [7, 11) is 0. The highest BCUT2D eigenvalue weighted by Crippen LogP contribution is 2.22. The monoisotopic (exact) mass is 187 g/mol. The van der Waals surface area contributed by atoms with Gasteiger partial charge in [0.2, 0.25) is 0 Å². The van der Waals surface area contributed by atoms with Crippen molar-refractivity contribution >= 4 is 22.6 Å². The second-order valence-electron chi connectivity index (χ2n) is 2.96. The van der Waals surface area contributed by atoms with Crippen LogP contribution in [0.15, 0.2) is 42.5 Å². The fourth-order valence-corrected chi connectivity index (χ4v) is 1.45. The maximum atomic E-state index is 10.5. The van der Waals surface area contributed by atoms with Crippen LogP contribution in [-0.2, 0) is 0 Å². The Labute approximate surface area is 81.0 Å². The van der Waals surface area contributed by atoms with Crippen molar-refractivity contribution in [1.29, 1.82) is 0 Å². The predicted molar refractivity (Wildman–Crippen MR) is 55.6 cm³/mol. The first-order valence-corrected chi connectivity index (χ1v) is 4.25. The van der Waals surface area contributed by atoms with E-state index < -0.39 is 6.09 Å². The summed E-state index contributed by atoms with van der Waals surface area (Å²) < 4.78 is 0. The fraction of sp³-hybridized carbons (Fsp3) is 0. The zero-order valence-electron chi connectivity index (χ0n) is 7.40. The molecule has 0 bridgehead atoms. The van der Waals surface area contributed by atoms with E-state index in [0.717, 1.165) is 10.8 Å². The van der Waals surface area contributed by atoms with Crippen LogP contribution in [0.3, 0.4) is 0 Å². The normalized spacial score (nSPS) is 10.0. The van der Waals surface area contributed by atoms with Crippen molar-refractivity contribution in [2.45, 2.75) is 0 Å². The number of anilines is 1. The van der Waals surface area contributed by atoms with Gasteiger partial charge in [0.15, 0.2) is 0 Å². The number of fused-ring (bicyclic) bond motifs is 1. The molecule has 1 amide bonds. The summed E-state index contributed by atoms with van der Waals surface area (Å²) in [5, 5.41) is 12.9. The van der Waals surface area contributed by atoms with Crippen molar-refractivity contribution in [3.63, 3.8) is 0 Å². The Morgan fingerprint density at radius 2 is 1.79 bits per heavy atom. The molecule has 0 radical (unpaired) electrons. The quantitative estimate of drug-likeness (QED) is 0.721. The molecule has 0 aliphatic heterocycles. The maximum absolute atomic E-state index is 10.5. The molecule has 2 N–H and O–H groups in total. The third-order valence-electron chi connectivity index (χ3n) is 2.03. The van der Waals surface area contributed by atoms with E-state index in [1.165, 1.54) is 0 Å². The molecule has 70 valence electrons. The summed E-state index contributed by atoms with van der Waals surface area (Å²) in [6.07, 6.45) is -1.04. The minimum Gasteiger partial charge on any atom is -0.465 e. The molecular weight excluding hydrogens is 178 g/mol. The molecule has 0 fully saturated rings. The van der Waals surface area contributed by atoms with E-state index in [9.17, 15) is 4.79 Å². The Bertz CT molecular complexity index is 474. The molecule has 0 atom stereocenters. The highest BCUT2D eigenvalue weighted by molar-refractivity contribution is 5.99. The van der Waals surface area contributed by atoms with Gasteiger partial charge in [0.25, 0.3) is 0 Å². The van der Waals surface area contributed by atoms with Crippen molar-refractivity contribution in [2.24, 2.45) is 0 Å². The SMILES string of the molecule is O=C(O)Nc1cccc2ccccc12. The molecule has 2 aromatic rings. The Kier molecular flexibility index (Phi) is 2.07. The maximum Gasteiger partial charge on any atom is 0.409 e. The van der Waals surface area contributed by atoms with Crippen molar-refractivity contribution in [2.75, 3.05) is 5.32 Å². The van der Waals surface area contributed by atoms with Gasteiger partial charge >= 0.3 is 6.09 Å². The summed E-state index contributed by atoms with van der Waals surface area (Å²) in [4.78, 5) is 10.5. The predicted octanol–water partition coefficient (Wildman–Crippen LogP) is 2.93. The highest BCUT2D eigenvalue weighted by Gasteiger charge is 2.01. The average Bonchev–Trinajstić information content (AvgIpc) is 2.18. The van der Waals surface area contributed by atoms with Gasteiger partial charge in [0.1, 0.15) is 0 Å². The lowest BCUT2D eigenvalue weighted by Crippen LogP contribution is -2.07. The Morgan fingerprint density at radius 1 is 1.07 bits per heavy atom. The first-order valence-electron chi connectivity index (χ1n) is 4.25. The number of nitrogens with one attached hydrogen (secondary N) is 1. The number of rotatable bonds is 1. The summed E-state index contributed by atoms with van der Waals surface area (Å²) >= 11 is 0. The van der Waals surface area contributed by atoms with Gasteiger partial charge < -0.3 is 5.11 Å². The van der Waals surface area contributed by atoms with E-state index in [0.29, 0.717) is 5.69 Å². The van der Waals surface area contributed by atoms with Crippen LogP contribution < -0.4 is 5.32 Å². The molecule has 14 heavy (non-hydrogen) atoms. The van der Waals surface area contributed by atoms with Crippen molar-refractivity contribution in [1.82, 2.24) is 0 Å². The first kappa shape index (κ1) is 8.56. The molecular formula is C11H9NO2. The van der Waals surface area contributed by atoms with E-state index in [1.54, 1.807) is 6.07 Å². The van der Waals surface area contributed by atoms with Gasteiger partial charge in [-0.25, -0.2) is 4.79 Å². The van der Waals surface area contributed by atoms with E-state index >= 15 is 0 Å². The Balaban J connectivity index is 2.59. The Hall–Kier alpha value is -2.03. The fourth-order valence-electron chi connectivity index (χ4n) is 1.45. The largest absolute Gasteiger partial charge is 0.465 e. The van der Waals surface area contributed by atoms with Crippen LogP contribution in [0.1, 0.15) is 0 Å². The molecule has 0 heterocycles. The van der Waals surface area contributed by atoms with Crippen molar-refractivity contribution in [3.05, 3.63) is 42.5 Å². The van der Waals surface area contributed by atoms with Crippen LogP contribution >= 0.6 is 0 Å². The van der Waals surface area contributed by atoms with Crippen molar-refractivity contribution in [3.8, 4) is 0 Å². The smallest absolute Gasteiger partial charge is 0.409 e. The molecule has 0 aromatic heterocycles. The number of hydrogen-bond donors (Lipinski definition) is 2. The van der Waals surface area contributed by atoms with E-state index in [-0.39, 0.29) is 0 Å². The molecule has 0 unspecified atom stereocenters. The number of hydrogen-bond acceptors (Lipinski definition) is 1. The molecule has 2 rings (SSSR count). The van der Waals surface area contributed by atoms with Crippen LogP contribution in [0.4, 0.5) is 10.5 Å². The van der Waals surface area contributed by atoms with Crippen LogP contribution in [0.2, 0.25) is 0 Å². The molecule has 3 nitrogen and oxygen atoms in total. The number of carboxylic acid groups (broad SMARTS) is 1. The third kappa shape index (κ3) is 1.52.